The Balaban J connectivity index is 5.00. The smallest absolute Gasteiger partial charge is 0.112 e. The summed E-state index contributed by atoms with van der Waals surface area (Å²) in [6.45, 7) is 13.0. The molecule has 0 radical (unpaired) electrons. The molecule has 0 saturated heterocycles. The average molecular weight is 347 g/mol. The standard InChI is InChI=1S/C20H42O4/c1-7-11-14-22-18(10-4)20(24-16-13-9-3)19(17(5)21-6)23-15-12-8-2/h17-20H,7-16H2,1-6H3/t17-,18+,19?,20?/m0/s1. The van der Waals surface area contributed by atoms with Gasteiger partial charge in [0.15, 0.2) is 0 Å². The molecule has 0 aromatic rings. The molecular formula is C20H42O4. The van der Waals surface area contributed by atoms with Crippen molar-refractivity contribution in [3.05, 3.63) is 0 Å². The molecule has 0 N–H and O–H groups in total. The van der Waals surface area contributed by atoms with Crippen LogP contribution in [-0.2, 0) is 18.9 Å². The fourth-order valence-electron chi connectivity index (χ4n) is 2.60. The van der Waals surface area contributed by atoms with Crippen molar-refractivity contribution in [1.82, 2.24) is 0 Å². The fourth-order valence-corrected chi connectivity index (χ4v) is 2.60. The first kappa shape index (κ1) is 23.8. The van der Waals surface area contributed by atoms with Crippen LogP contribution in [-0.4, -0.2) is 51.3 Å². The number of methoxy groups -OCH3 is 1. The molecule has 0 aliphatic rings. The minimum Gasteiger partial charge on any atom is -0.379 e. The third-order valence-corrected chi connectivity index (χ3v) is 4.37. The van der Waals surface area contributed by atoms with Crippen molar-refractivity contribution < 1.29 is 18.9 Å². The Labute approximate surface area is 150 Å². The van der Waals surface area contributed by atoms with Crippen LogP contribution in [0.4, 0.5) is 0 Å². The molecule has 0 bridgehead atoms. The van der Waals surface area contributed by atoms with Gasteiger partial charge in [0.05, 0.1) is 12.2 Å². The Morgan fingerprint density at radius 1 is 0.667 bits per heavy atom. The number of unbranched alkanes of at least 4 members (excludes halogenated alkanes) is 3. The van der Waals surface area contributed by atoms with Gasteiger partial charge >= 0.3 is 0 Å². The monoisotopic (exact) mass is 346 g/mol. The Morgan fingerprint density at radius 2 is 1.12 bits per heavy atom. The summed E-state index contributed by atoms with van der Waals surface area (Å²) in [7, 11) is 1.74. The zero-order valence-electron chi connectivity index (χ0n) is 17.0. The molecule has 4 nitrogen and oxygen atoms in total. The predicted molar refractivity (Wildman–Crippen MR) is 101 cm³/mol. The lowest BCUT2D eigenvalue weighted by Gasteiger charge is -2.36. The highest BCUT2D eigenvalue weighted by atomic mass is 16.6. The summed E-state index contributed by atoms with van der Waals surface area (Å²) in [5, 5.41) is 0. The molecule has 2 unspecified atom stereocenters. The lowest BCUT2D eigenvalue weighted by atomic mass is 10.0. The Bertz CT molecular complexity index is 260. The van der Waals surface area contributed by atoms with Gasteiger partial charge in [-0.15, -0.1) is 0 Å². The van der Waals surface area contributed by atoms with Crippen molar-refractivity contribution in [3.8, 4) is 0 Å². The molecule has 0 rings (SSSR count). The average Bonchev–Trinajstić information content (AvgIpc) is 2.60. The van der Waals surface area contributed by atoms with E-state index in [1.807, 2.05) is 0 Å². The van der Waals surface area contributed by atoms with Crippen molar-refractivity contribution in [2.75, 3.05) is 26.9 Å². The van der Waals surface area contributed by atoms with Gasteiger partial charge in [-0.3, -0.25) is 0 Å². The second-order valence-corrected chi connectivity index (χ2v) is 6.49. The van der Waals surface area contributed by atoms with Gasteiger partial charge in [0.1, 0.15) is 12.2 Å². The topological polar surface area (TPSA) is 36.9 Å². The second-order valence-electron chi connectivity index (χ2n) is 6.49. The van der Waals surface area contributed by atoms with E-state index < -0.39 is 0 Å². The largest absolute Gasteiger partial charge is 0.379 e. The first-order chi connectivity index (χ1) is 11.7. The van der Waals surface area contributed by atoms with Crippen LogP contribution in [0.2, 0.25) is 0 Å². The van der Waals surface area contributed by atoms with Crippen molar-refractivity contribution in [1.29, 1.82) is 0 Å². The highest BCUT2D eigenvalue weighted by molar-refractivity contribution is 4.84. The fraction of sp³-hybridized carbons (Fsp3) is 1.00. The predicted octanol–water partition coefficient (Wildman–Crippen LogP) is 4.99. The molecule has 0 aromatic heterocycles. The van der Waals surface area contributed by atoms with Crippen LogP contribution in [0.15, 0.2) is 0 Å². The highest BCUT2D eigenvalue weighted by Crippen LogP contribution is 2.21. The third kappa shape index (κ3) is 9.97. The lowest BCUT2D eigenvalue weighted by Crippen LogP contribution is -2.48. The van der Waals surface area contributed by atoms with E-state index in [4.69, 9.17) is 18.9 Å². The second kappa shape index (κ2) is 16.3. The van der Waals surface area contributed by atoms with E-state index in [9.17, 15) is 0 Å². The summed E-state index contributed by atoms with van der Waals surface area (Å²) in [6, 6.07) is 0. The van der Waals surface area contributed by atoms with Gasteiger partial charge in [-0.05, 0) is 32.6 Å². The Hall–Kier alpha value is -0.160. The molecule has 0 amide bonds. The summed E-state index contributed by atoms with van der Waals surface area (Å²) >= 11 is 0. The summed E-state index contributed by atoms with van der Waals surface area (Å²) < 4.78 is 24.2. The van der Waals surface area contributed by atoms with Crippen LogP contribution in [0, 0.1) is 0 Å². The first-order valence-corrected chi connectivity index (χ1v) is 10.0. The third-order valence-electron chi connectivity index (χ3n) is 4.37. The van der Waals surface area contributed by atoms with Crippen LogP contribution >= 0.6 is 0 Å². The normalized spacial score (nSPS) is 16.8. The number of hydrogen-bond acceptors (Lipinski definition) is 4. The van der Waals surface area contributed by atoms with Crippen LogP contribution in [0.25, 0.3) is 0 Å². The molecule has 0 saturated carbocycles. The molecule has 4 heteroatoms. The van der Waals surface area contributed by atoms with Crippen LogP contribution < -0.4 is 0 Å². The summed E-state index contributed by atoms with van der Waals surface area (Å²) in [6.07, 6.45) is 7.38. The van der Waals surface area contributed by atoms with Crippen molar-refractivity contribution in [2.24, 2.45) is 0 Å². The molecule has 146 valence electrons. The summed E-state index contributed by atoms with van der Waals surface area (Å²) in [5.41, 5.74) is 0. The molecule has 24 heavy (non-hydrogen) atoms. The number of rotatable bonds is 17. The molecule has 0 aliphatic carbocycles. The molecule has 0 heterocycles. The molecule has 0 spiro atoms. The molecule has 0 aliphatic heterocycles. The van der Waals surface area contributed by atoms with E-state index in [0.717, 1.165) is 64.8 Å². The molecule has 0 aromatic carbocycles. The van der Waals surface area contributed by atoms with Crippen LogP contribution in [0.1, 0.15) is 79.6 Å². The highest BCUT2D eigenvalue weighted by Gasteiger charge is 2.34. The van der Waals surface area contributed by atoms with Gasteiger partial charge in [-0.1, -0.05) is 47.0 Å². The Morgan fingerprint density at radius 3 is 1.54 bits per heavy atom. The van der Waals surface area contributed by atoms with Crippen molar-refractivity contribution in [2.45, 2.75) is 104 Å². The molecule has 4 atom stereocenters. The molecular weight excluding hydrogens is 304 g/mol. The van der Waals surface area contributed by atoms with E-state index in [0.29, 0.717) is 0 Å². The van der Waals surface area contributed by atoms with Gasteiger partial charge in [0.25, 0.3) is 0 Å². The minimum absolute atomic E-state index is 0.0164. The van der Waals surface area contributed by atoms with E-state index in [1.165, 1.54) is 0 Å². The van der Waals surface area contributed by atoms with E-state index in [2.05, 4.69) is 34.6 Å². The van der Waals surface area contributed by atoms with Crippen molar-refractivity contribution >= 4 is 0 Å². The molecule has 0 fully saturated rings. The van der Waals surface area contributed by atoms with Crippen molar-refractivity contribution in [3.63, 3.8) is 0 Å². The van der Waals surface area contributed by atoms with Gasteiger partial charge in [-0.25, -0.2) is 0 Å². The number of ether oxygens (including phenoxy) is 4. The minimum atomic E-state index is -0.0926. The lowest BCUT2D eigenvalue weighted by molar-refractivity contribution is -0.172. The van der Waals surface area contributed by atoms with E-state index >= 15 is 0 Å². The SMILES string of the molecule is CCCCOC(C(OCCCC)[C@@H](CC)OCCCC)[C@H](C)OC. The first-order valence-electron chi connectivity index (χ1n) is 10.0. The van der Waals surface area contributed by atoms with Gasteiger partial charge in [0, 0.05) is 26.9 Å². The summed E-state index contributed by atoms with van der Waals surface area (Å²) in [5.74, 6) is 0. The summed E-state index contributed by atoms with van der Waals surface area (Å²) in [4.78, 5) is 0. The maximum absolute atomic E-state index is 6.25. The van der Waals surface area contributed by atoms with Gasteiger partial charge in [0.2, 0.25) is 0 Å². The van der Waals surface area contributed by atoms with Crippen LogP contribution in [0.3, 0.4) is 0 Å². The van der Waals surface area contributed by atoms with E-state index in [1.54, 1.807) is 7.11 Å². The quantitative estimate of drug-likeness (QED) is 0.348. The zero-order chi connectivity index (χ0) is 18.2. The van der Waals surface area contributed by atoms with Crippen LogP contribution in [0.5, 0.6) is 0 Å². The maximum atomic E-state index is 6.25. The zero-order valence-corrected chi connectivity index (χ0v) is 17.0. The maximum Gasteiger partial charge on any atom is 0.112 e. The Kier molecular flexibility index (Phi) is 16.2. The van der Waals surface area contributed by atoms with E-state index in [-0.39, 0.29) is 24.4 Å². The number of hydrogen-bond donors (Lipinski definition) is 0. The van der Waals surface area contributed by atoms with Gasteiger partial charge in [-0.2, -0.15) is 0 Å². The van der Waals surface area contributed by atoms with Gasteiger partial charge < -0.3 is 18.9 Å².